The quantitative estimate of drug-likeness (QED) is 0.819. The number of aryl methyl sites for hydroxylation is 2. The zero-order chi connectivity index (χ0) is 12.1. The second kappa shape index (κ2) is 6.02. The van der Waals surface area contributed by atoms with Crippen LogP contribution in [0.5, 0.6) is 0 Å². The van der Waals surface area contributed by atoms with Crippen molar-refractivity contribution in [1.29, 1.82) is 0 Å². The summed E-state index contributed by atoms with van der Waals surface area (Å²) in [5.74, 6) is 0. The van der Waals surface area contributed by atoms with Crippen molar-refractivity contribution >= 4 is 0 Å². The van der Waals surface area contributed by atoms with Crippen LogP contribution in [0.25, 0.3) is 0 Å². The summed E-state index contributed by atoms with van der Waals surface area (Å²) in [6.45, 7) is 8.52. The molecule has 0 aliphatic carbocycles. The van der Waals surface area contributed by atoms with Gasteiger partial charge in [0.1, 0.15) is 0 Å². The molecule has 0 radical (unpaired) electrons. The van der Waals surface area contributed by atoms with Crippen LogP contribution in [0, 0.1) is 13.8 Å². The molecule has 1 atom stereocenters. The summed E-state index contributed by atoms with van der Waals surface area (Å²) in [4.78, 5) is 2.23. The van der Waals surface area contributed by atoms with Crippen molar-refractivity contribution in [2.75, 3.05) is 20.6 Å². The molecule has 0 fully saturated rings. The van der Waals surface area contributed by atoms with Crippen molar-refractivity contribution in [3.8, 4) is 0 Å². The average molecular weight is 220 g/mol. The Labute approximate surface area is 99.7 Å². The number of nitrogens with zero attached hydrogens (tertiary/aromatic N) is 1. The van der Waals surface area contributed by atoms with E-state index in [1.807, 2.05) is 0 Å². The lowest BCUT2D eigenvalue weighted by Crippen LogP contribution is -2.35. The molecule has 0 saturated carbocycles. The second-order valence-electron chi connectivity index (χ2n) is 4.94. The van der Waals surface area contributed by atoms with Crippen LogP contribution < -0.4 is 5.32 Å². The van der Waals surface area contributed by atoms with E-state index in [2.05, 4.69) is 63.3 Å². The van der Waals surface area contributed by atoms with Crippen molar-refractivity contribution in [2.24, 2.45) is 0 Å². The van der Waals surface area contributed by atoms with Gasteiger partial charge in [0, 0.05) is 19.1 Å². The zero-order valence-corrected chi connectivity index (χ0v) is 11.2. The zero-order valence-electron chi connectivity index (χ0n) is 11.2. The summed E-state index contributed by atoms with van der Waals surface area (Å²) in [5.41, 5.74) is 4.07. The molecular weight excluding hydrogens is 196 g/mol. The summed E-state index contributed by atoms with van der Waals surface area (Å²) >= 11 is 0. The summed E-state index contributed by atoms with van der Waals surface area (Å²) in [7, 11) is 4.23. The van der Waals surface area contributed by atoms with Crippen LogP contribution in [0.15, 0.2) is 18.2 Å². The maximum atomic E-state index is 3.50. The molecule has 2 heteroatoms. The van der Waals surface area contributed by atoms with Gasteiger partial charge in [0.15, 0.2) is 0 Å². The van der Waals surface area contributed by atoms with Crippen LogP contribution in [-0.2, 0) is 6.54 Å². The SMILES string of the molecule is Cc1cc(C)cc(CNCC(C)N(C)C)c1. The predicted molar refractivity (Wildman–Crippen MR) is 70.8 cm³/mol. The number of hydrogen-bond acceptors (Lipinski definition) is 2. The molecule has 0 amide bonds. The van der Waals surface area contributed by atoms with Gasteiger partial charge in [0.05, 0.1) is 0 Å². The third kappa shape index (κ3) is 4.33. The fourth-order valence-corrected chi connectivity index (χ4v) is 1.78. The van der Waals surface area contributed by atoms with Crippen molar-refractivity contribution in [3.05, 3.63) is 34.9 Å². The van der Waals surface area contributed by atoms with Crippen molar-refractivity contribution in [1.82, 2.24) is 10.2 Å². The summed E-state index contributed by atoms with van der Waals surface area (Å²) in [6, 6.07) is 7.29. The number of hydrogen-bond donors (Lipinski definition) is 1. The first kappa shape index (κ1) is 13.2. The number of nitrogens with one attached hydrogen (secondary N) is 1. The Balaban J connectivity index is 2.43. The largest absolute Gasteiger partial charge is 0.311 e. The van der Waals surface area contributed by atoms with Crippen molar-refractivity contribution in [3.63, 3.8) is 0 Å². The van der Waals surface area contributed by atoms with E-state index in [9.17, 15) is 0 Å². The molecule has 0 saturated heterocycles. The molecule has 90 valence electrons. The van der Waals surface area contributed by atoms with Crippen LogP contribution in [0.3, 0.4) is 0 Å². The number of likely N-dealkylation sites (N-methyl/N-ethyl adjacent to an activating group) is 1. The third-order valence-corrected chi connectivity index (χ3v) is 2.93. The van der Waals surface area contributed by atoms with Gasteiger partial charge in [-0.15, -0.1) is 0 Å². The molecule has 1 rings (SSSR count). The first-order valence-corrected chi connectivity index (χ1v) is 5.93. The molecular formula is C14H24N2. The van der Waals surface area contributed by atoms with E-state index in [4.69, 9.17) is 0 Å². The second-order valence-corrected chi connectivity index (χ2v) is 4.94. The Morgan fingerprint density at radius 3 is 2.19 bits per heavy atom. The Kier molecular flexibility index (Phi) is 4.97. The third-order valence-electron chi connectivity index (χ3n) is 2.93. The minimum atomic E-state index is 0.575. The molecule has 0 heterocycles. The van der Waals surface area contributed by atoms with Gasteiger partial charge in [-0.3, -0.25) is 0 Å². The van der Waals surface area contributed by atoms with Crippen LogP contribution in [0.4, 0.5) is 0 Å². The highest BCUT2D eigenvalue weighted by molar-refractivity contribution is 5.28. The molecule has 1 aromatic carbocycles. The monoisotopic (exact) mass is 220 g/mol. The lowest BCUT2D eigenvalue weighted by molar-refractivity contribution is 0.302. The van der Waals surface area contributed by atoms with E-state index in [-0.39, 0.29) is 0 Å². The van der Waals surface area contributed by atoms with Crippen LogP contribution in [0.1, 0.15) is 23.6 Å². The van der Waals surface area contributed by atoms with Crippen LogP contribution in [0.2, 0.25) is 0 Å². The van der Waals surface area contributed by atoms with E-state index >= 15 is 0 Å². The maximum Gasteiger partial charge on any atom is 0.0206 e. The van der Waals surface area contributed by atoms with Crippen LogP contribution >= 0.6 is 0 Å². The van der Waals surface area contributed by atoms with Gasteiger partial charge in [-0.1, -0.05) is 29.3 Å². The first-order valence-electron chi connectivity index (χ1n) is 5.93. The lowest BCUT2D eigenvalue weighted by atomic mass is 10.1. The van der Waals surface area contributed by atoms with Gasteiger partial charge in [-0.25, -0.2) is 0 Å². The topological polar surface area (TPSA) is 15.3 Å². The Morgan fingerprint density at radius 2 is 1.69 bits per heavy atom. The Hall–Kier alpha value is -0.860. The molecule has 1 aromatic rings. The van der Waals surface area contributed by atoms with Gasteiger partial charge >= 0.3 is 0 Å². The first-order chi connectivity index (χ1) is 7.49. The fraction of sp³-hybridized carbons (Fsp3) is 0.571. The summed E-state index contributed by atoms with van der Waals surface area (Å²) < 4.78 is 0. The van der Waals surface area contributed by atoms with Crippen molar-refractivity contribution in [2.45, 2.75) is 33.4 Å². The molecule has 0 aliphatic rings. The smallest absolute Gasteiger partial charge is 0.0206 e. The maximum absolute atomic E-state index is 3.50. The number of rotatable bonds is 5. The molecule has 1 unspecified atom stereocenters. The van der Waals surface area contributed by atoms with Gasteiger partial charge in [-0.05, 0) is 40.4 Å². The fourth-order valence-electron chi connectivity index (χ4n) is 1.78. The molecule has 0 spiro atoms. The van der Waals surface area contributed by atoms with Gasteiger partial charge < -0.3 is 10.2 Å². The van der Waals surface area contributed by atoms with Crippen molar-refractivity contribution < 1.29 is 0 Å². The molecule has 16 heavy (non-hydrogen) atoms. The minimum Gasteiger partial charge on any atom is -0.311 e. The molecule has 0 aromatic heterocycles. The van der Waals surface area contributed by atoms with E-state index in [0.29, 0.717) is 6.04 Å². The summed E-state index contributed by atoms with van der Waals surface area (Å²) in [6.07, 6.45) is 0. The van der Waals surface area contributed by atoms with Crippen LogP contribution in [-0.4, -0.2) is 31.6 Å². The van der Waals surface area contributed by atoms with Gasteiger partial charge in [-0.2, -0.15) is 0 Å². The molecule has 1 N–H and O–H groups in total. The van der Waals surface area contributed by atoms with E-state index in [0.717, 1.165) is 13.1 Å². The number of benzene rings is 1. The van der Waals surface area contributed by atoms with Gasteiger partial charge in [0.2, 0.25) is 0 Å². The highest BCUT2D eigenvalue weighted by Gasteiger charge is 2.03. The standard InChI is InChI=1S/C14H24N2/c1-11-6-12(2)8-14(7-11)10-15-9-13(3)16(4)5/h6-8,13,15H,9-10H2,1-5H3. The Bertz CT molecular complexity index is 311. The van der Waals surface area contributed by atoms with E-state index in [1.54, 1.807) is 0 Å². The summed E-state index contributed by atoms with van der Waals surface area (Å²) in [5, 5.41) is 3.50. The highest BCUT2D eigenvalue weighted by atomic mass is 15.1. The molecule has 0 bridgehead atoms. The Morgan fingerprint density at radius 1 is 1.12 bits per heavy atom. The van der Waals surface area contributed by atoms with E-state index < -0.39 is 0 Å². The van der Waals surface area contributed by atoms with E-state index in [1.165, 1.54) is 16.7 Å². The molecule has 2 nitrogen and oxygen atoms in total. The average Bonchev–Trinajstić information content (AvgIpc) is 2.15. The normalized spacial score (nSPS) is 13.1. The molecule has 0 aliphatic heterocycles. The lowest BCUT2D eigenvalue weighted by Gasteiger charge is -2.20. The van der Waals surface area contributed by atoms with Gasteiger partial charge in [0.25, 0.3) is 0 Å². The highest BCUT2D eigenvalue weighted by Crippen LogP contribution is 2.08. The minimum absolute atomic E-state index is 0.575. The predicted octanol–water partition coefficient (Wildman–Crippen LogP) is 2.34.